The molecule has 2 fully saturated rings. The lowest BCUT2D eigenvalue weighted by Gasteiger charge is -2.31. The predicted molar refractivity (Wildman–Crippen MR) is 74.9 cm³/mol. The van der Waals surface area contributed by atoms with Crippen molar-refractivity contribution < 1.29 is 4.74 Å². The van der Waals surface area contributed by atoms with Gasteiger partial charge in [0.05, 0.1) is 31.0 Å². The van der Waals surface area contributed by atoms with E-state index in [2.05, 4.69) is 10.4 Å². The average Bonchev–Trinajstić information content (AvgIpc) is 3.00. The first kappa shape index (κ1) is 12.5. The van der Waals surface area contributed by atoms with Crippen LogP contribution in [0.15, 0.2) is 10.9 Å². The molecule has 0 amide bonds. The maximum Gasteiger partial charge on any atom is 0.267 e. The van der Waals surface area contributed by atoms with Crippen molar-refractivity contribution in [2.45, 2.75) is 56.7 Å². The van der Waals surface area contributed by atoms with Crippen LogP contribution in [0, 0.1) is 0 Å². The van der Waals surface area contributed by atoms with Gasteiger partial charge in [0.1, 0.15) is 0 Å². The van der Waals surface area contributed by atoms with Gasteiger partial charge in [-0.05, 0) is 37.7 Å². The monoisotopic (exact) mass is 275 g/mol. The highest BCUT2D eigenvalue weighted by Crippen LogP contribution is 2.25. The summed E-state index contributed by atoms with van der Waals surface area (Å²) in [5.74, 6) is 0. The van der Waals surface area contributed by atoms with Crippen molar-refractivity contribution in [2.75, 3.05) is 13.2 Å². The van der Waals surface area contributed by atoms with Crippen LogP contribution in [0.3, 0.4) is 0 Å². The molecule has 5 nitrogen and oxygen atoms in total. The van der Waals surface area contributed by atoms with Gasteiger partial charge in [0, 0.05) is 12.1 Å². The molecule has 1 aromatic rings. The van der Waals surface area contributed by atoms with Crippen LogP contribution in [-0.4, -0.2) is 35.1 Å². The van der Waals surface area contributed by atoms with Crippen LogP contribution in [0.4, 0.5) is 0 Å². The Morgan fingerprint density at radius 2 is 2.15 bits per heavy atom. The summed E-state index contributed by atoms with van der Waals surface area (Å²) >= 11 is 0. The summed E-state index contributed by atoms with van der Waals surface area (Å²) in [6.07, 6.45) is 6.93. The number of nitrogens with zero attached hydrogens (tertiary/aromatic N) is 2. The summed E-state index contributed by atoms with van der Waals surface area (Å²) in [7, 11) is 0. The summed E-state index contributed by atoms with van der Waals surface area (Å²) in [4.78, 5) is 12.3. The fraction of sp³-hybridized carbons (Fsp3) is 0.733. The zero-order chi connectivity index (χ0) is 13.5. The van der Waals surface area contributed by atoms with Crippen LogP contribution >= 0.6 is 0 Å². The predicted octanol–water partition coefficient (Wildman–Crippen LogP) is 0.814. The quantitative estimate of drug-likeness (QED) is 0.887. The first-order valence-corrected chi connectivity index (χ1v) is 7.77. The molecule has 20 heavy (non-hydrogen) atoms. The molecule has 108 valence electrons. The van der Waals surface area contributed by atoms with E-state index in [9.17, 15) is 4.79 Å². The molecule has 2 heterocycles. The topological polar surface area (TPSA) is 56.2 Å². The Balaban J connectivity index is 1.60. The van der Waals surface area contributed by atoms with Gasteiger partial charge < -0.3 is 10.1 Å². The Morgan fingerprint density at radius 1 is 1.25 bits per heavy atom. The Bertz CT molecular complexity index is 565. The molecule has 0 bridgehead atoms. The standard InChI is InChI=1S/C15H21N3O2/c19-15-7-10-3-1-6-12(10)17-18(15)14-9-20-8-13(14)16-11-4-2-5-11/h7,11,13-14,16H,1-6,8-9H2. The fourth-order valence-corrected chi connectivity index (χ4v) is 3.47. The third-order valence-corrected chi connectivity index (χ3v) is 4.90. The lowest BCUT2D eigenvalue weighted by atomic mass is 9.92. The van der Waals surface area contributed by atoms with E-state index in [-0.39, 0.29) is 17.6 Å². The van der Waals surface area contributed by atoms with Gasteiger partial charge >= 0.3 is 0 Å². The Labute approximate surface area is 118 Å². The zero-order valence-corrected chi connectivity index (χ0v) is 11.7. The molecular formula is C15H21N3O2. The molecule has 0 aromatic carbocycles. The molecule has 1 aliphatic heterocycles. The maximum absolute atomic E-state index is 12.3. The molecule has 1 saturated heterocycles. The highest BCUT2D eigenvalue weighted by molar-refractivity contribution is 5.22. The number of nitrogens with one attached hydrogen (secondary N) is 1. The maximum atomic E-state index is 12.3. The Hall–Kier alpha value is -1.20. The number of rotatable bonds is 3. The summed E-state index contributed by atoms with van der Waals surface area (Å²) < 4.78 is 7.28. The number of aromatic nitrogens is 2. The van der Waals surface area contributed by atoms with Gasteiger partial charge in [0.25, 0.3) is 5.56 Å². The van der Waals surface area contributed by atoms with E-state index < -0.39 is 0 Å². The Morgan fingerprint density at radius 3 is 2.95 bits per heavy atom. The van der Waals surface area contributed by atoms with E-state index >= 15 is 0 Å². The summed E-state index contributed by atoms with van der Waals surface area (Å²) in [5.41, 5.74) is 2.29. The van der Waals surface area contributed by atoms with Crippen molar-refractivity contribution in [1.82, 2.24) is 15.1 Å². The minimum absolute atomic E-state index is 0.0292. The van der Waals surface area contributed by atoms with Gasteiger partial charge in [-0.15, -0.1) is 0 Å². The van der Waals surface area contributed by atoms with Gasteiger partial charge in [0.2, 0.25) is 0 Å². The average molecular weight is 275 g/mol. The second-order valence-electron chi connectivity index (χ2n) is 6.26. The van der Waals surface area contributed by atoms with E-state index in [0.29, 0.717) is 19.3 Å². The molecule has 0 radical (unpaired) electrons. The van der Waals surface area contributed by atoms with Crippen molar-refractivity contribution in [2.24, 2.45) is 0 Å². The van der Waals surface area contributed by atoms with Crippen molar-refractivity contribution in [3.63, 3.8) is 0 Å². The molecule has 0 spiro atoms. The first-order chi connectivity index (χ1) is 9.81. The lowest BCUT2D eigenvalue weighted by Crippen LogP contribution is -2.48. The lowest BCUT2D eigenvalue weighted by molar-refractivity contribution is 0.178. The third-order valence-electron chi connectivity index (χ3n) is 4.90. The molecule has 3 aliphatic rings. The van der Waals surface area contributed by atoms with Crippen molar-refractivity contribution in [1.29, 1.82) is 0 Å². The molecule has 2 aliphatic carbocycles. The van der Waals surface area contributed by atoms with Crippen LogP contribution in [-0.2, 0) is 17.6 Å². The number of ether oxygens (including phenoxy) is 1. The van der Waals surface area contributed by atoms with E-state index in [1.165, 1.54) is 19.3 Å². The second kappa shape index (κ2) is 4.97. The van der Waals surface area contributed by atoms with Crippen molar-refractivity contribution in [3.05, 3.63) is 27.7 Å². The normalized spacial score (nSPS) is 29.4. The molecule has 1 saturated carbocycles. The van der Waals surface area contributed by atoms with Crippen LogP contribution < -0.4 is 10.9 Å². The molecule has 5 heteroatoms. The van der Waals surface area contributed by atoms with Gasteiger partial charge in [-0.25, -0.2) is 4.68 Å². The summed E-state index contributed by atoms with van der Waals surface area (Å²) in [6, 6.07) is 2.67. The largest absolute Gasteiger partial charge is 0.377 e. The van der Waals surface area contributed by atoms with E-state index in [1.54, 1.807) is 10.7 Å². The first-order valence-electron chi connectivity index (χ1n) is 7.77. The van der Waals surface area contributed by atoms with Crippen molar-refractivity contribution >= 4 is 0 Å². The SMILES string of the molecule is O=c1cc2c(nn1C1COCC1NC1CCC1)CCC2. The summed E-state index contributed by atoms with van der Waals surface area (Å²) in [5, 5.41) is 8.25. The van der Waals surface area contributed by atoms with Gasteiger partial charge in [-0.3, -0.25) is 4.79 Å². The minimum Gasteiger partial charge on any atom is -0.377 e. The van der Waals surface area contributed by atoms with Crippen LogP contribution in [0.5, 0.6) is 0 Å². The van der Waals surface area contributed by atoms with Gasteiger partial charge in [-0.2, -0.15) is 5.10 Å². The smallest absolute Gasteiger partial charge is 0.267 e. The number of hydrogen-bond donors (Lipinski definition) is 1. The number of fused-ring (bicyclic) bond motifs is 1. The van der Waals surface area contributed by atoms with E-state index in [4.69, 9.17) is 4.74 Å². The Kier molecular flexibility index (Phi) is 3.11. The molecule has 1 aromatic heterocycles. The minimum atomic E-state index is 0.0292. The van der Waals surface area contributed by atoms with Crippen molar-refractivity contribution in [3.8, 4) is 0 Å². The van der Waals surface area contributed by atoms with Crippen LogP contribution in [0.1, 0.15) is 43.0 Å². The summed E-state index contributed by atoms with van der Waals surface area (Å²) in [6.45, 7) is 1.28. The highest BCUT2D eigenvalue weighted by atomic mass is 16.5. The van der Waals surface area contributed by atoms with E-state index in [0.717, 1.165) is 30.5 Å². The van der Waals surface area contributed by atoms with E-state index in [1.807, 2.05) is 0 Å². The molecule has 2 atom stereocenters. The molecule has 4 rings (SSSR count). The van der Waals surface area contributed by atoms with Gasteiger partial charge in [-0.1, -0.05) is 6.42 Å². The molecule has 2 unspecified atom stereocenters. The molecule has 1 N–H and O–H groups in total. The third kappa shape index (κ3) is 2.09. The second-order valence-corrected chi connectivity index (χ2v) is 6.26. The van der Waals surface area contributed by atoms with Gasteiger partial charge in [0.15, 0.2) is 0 Å². The number of hydrogen-bond acceptors (Lipinski definition) is 4. The zero-order valence-electron chi connectivity index (χ0n) is 11.7. The highest BCUT2D eigenvalue weighted by Gasteiger charge is 2.34. The number of aryl methyl sites for hydroxylation is 2. The molecular weight excluding hydrogens is 254 g/mol. The fourth-order valence-electron chi connectivity index (χ4n) is 3.47. The van der Waals surface area contributed by atoms with Crippen LogP contribution in [0.25, 0.3) is 0 Å². The van der Waals surface area contributed by atoms with Crippen LogP contribution in [0.2, 0.25) is 0 Å².